The fourth-order valence-electron chi connectivity index (χ4n) is 4.26. The summed E-state index contributed by atoms with van der Waals surface area (Å²) < 4.78 is 39.5. The molecule has 0 spiro atoms. The number of para-hydroxylation sites is 2. The molecule has 1 atom stereocenters. The number of aliphatic carboxylic acids is 1. The van der Waals surface area contributed by atoms with Gasteiger partial charge in [0.15, 0.2) is 0 Å². The number of benzene rings is 2. The number of urea groups is 1. The molecule has 0 aliphatic carbocycles. The predicted molar refractivity (Wildman–Crippen MR) is 124 cm³/mol. The SMILES string of the molecule is O=C(O)CC(c1cccc(C(F)(F)F)c1)N1CCN(CCCCNc2nc3ccccc3[nH]2)C1=O. The van der Waals surface area contributed by atoms with Gasteiger partial charge in [0.2, 0.25) is 5.95 Å². The van der Waals surface area contributed by atoms with Gasteiger partial charge in [-0.1, -0.05) is 24.3 Å². The number of anilines is 1. The van der Waals surface area contributed by atoms with Crippen molar-refractivity contribution in [3.63, 3.8) is 0 Å². The highest BCUT2D eigenvalue weighted by Crippen LogP contribution is 2.34. The average molecular weight is 489 g/mol. The minimum atomic E-state index is -4.55. The molecule has 2 heterocycles. The summed E-state index contributed by atoms with van der Waals surface area (Å²) in [5.74, 6) is -0.512. The molecule has 0 saturated carbocycles. The Hall–Kier alpha value is -3.76. The third-order valence-electron chi connectivity index (χ3n) is 6.01. The normalized spacial score (nSPS) is 15.1. The lowest BCUT2D eigenvalue weighted by Gasteiger charge is -2.28. The van der Waals surface area contributed by atoms with Crippen LogP contribution in [-0.4, -0.2) is 63.1 Å². The summed E-state index contributed by atoms with van der Waals surface area (Å²) in [6.45, 7) is 1.77. The Morgan fingerprint density at radius 2 is 1.94 bits per heavy atom. The van der Waals surface area contributed by atoms with Gasteiger partial charge >= 0.3 is 18.2 Å². The molecule has 35 heavy (non-hydrogen) atoms. The molecule has 1 aliphatic heterocycles. The zero-order valence-electron chi connectivity index (χ0n) is 18.9. The van der Waals surface area contributed by atoms with Crippen molar-refractivity contribution in [3.8, 4) is 0 Å². The Morgan fingerprint density at radius 3 is 2.69 bits per heavy atom. The molecule has 2 aromatic carbocycles. The van der Waals surface area contributed by atoms with Gasteiger partial charge in [0.25, 0.3) is 0 Å². The van der Waals surface area contributed by atoms with Crippen molar-refractivity contribution in [2.45, 2.75) is 31.5 Å². The number of hydrogen-bond acceptors (Lipinski definition) is 4. The first kappa shape index (κ1) is 24.4. The molecule has 11 heteroatoms. The molecule has 3 aromatic rings. The molecule has 0 bridgehead atoms. The zero-order valence-corrected chi connectivity index (χ0v) is 18.9. The van der Waals surface area contributed by atoms with Crippen LogP contribution in [0.1, 0.15) is 36.4 Å². The second-order valence-corrected chi connectivity index (χ2v) is 8.44. The number of rotatable bonds is 10. The molecule has 2 amide bonds. The Bertz CT molecular complexity index is 1160. The van der Waals surface area contributed by atoms with E-state index in [1.54, 1.807) is 4.90 Å². The first-order valence-electron chi connectivity index (χ1n) is 11.4. The third-order valence-corrected chi connectivity index (χ3v) is 6.01. The number of fused-ring (bicyclic) bond motifs is 1. The number of aromatic nitrogens is 2. The number of unbranched alkanes of at least 4 members (excludes halogenated alkanes) is 1. The number of H-pyrrole nitrogens is 1. The quantitative estimate of drug-likeness (QED) is 0.358. The van der Waals surface area contributed by atoms with Crippen molar-refractivity contribution >= 4 is 29.0 Å². The number of carbonyl (C=O) groups excluding carboxylic acids is 1. The Labute approximate surface area is 199 Å². The van der Waals surface area contributed by atoms with E-state index in [9.17, 15) is 27.9 Å². The van der Waals surface area contributed by atoms with Crippen molar-refractivity contribution in [2.75, 3.05) is 31.5 Å². The molecule has 1 fully saturated rings. The molecule has 1 aromatic heterocycles. The van der Waals surface area contributed by atoms with Crippen LogP contribution in [0.4, 0.5) is 23.9 Å². The lowest BCUT2D eigenvalue weighted by atomic mass is 10.00. The third kappa shape index (κ3) is 5.84. The first-order chi connectivity index (χ1) is 16.7. The van der Waals surface area contributed by atoms with Gasteiger partial charge in [0.05, 0.1) is 29.1 Å². The van der Waals surface area contributed by atoms with E-state index in [1.165, 1.54) is 17.0 Å². The number of halogens is 3. The van der Waals surface area contributed by atoms with Crippen LogP contribution in [0.3, 0.4) is 0 Å². The maximum absolute atomic E-state index is 13.2. The number of alkyl halides is 3. The van der Waals surface area contributed by atoms with Crippen molar-refractivity contribution < 1.29 is 27.9 Å². The molecule has 1 unspecified atom stereocenters. The molecule has 1 saturated heterocycles. The van der Waals surface area contributed by atoms with E-state index in [-0.39, 0.29) is 18.1 Å². The summed E-state index contributed by atoms with van der Waals surface area (Å²) in [4.78, 5) is 35.0. The molecule has 1 aliphatic rings. The van der Waals surface area contributed by atoms with E-state index in [4.69, 9.17) is 0 Å². The average Bonchev–Trinajstić information content (AvgIpc) is 3.39. The van der Waals surface area contributed by atoms with Gasteiger partial charge in [-0.25, -0.2) is 9.78 Å². The van der Waals surface area contributed by atoms with Gasteiger partial charge in [-0.2, -0.15) is 13.2 Å². The number of nitrogens with one attached hydrogen (secondary N) is 2. The maximum Gasteiger partial charge on any atom is 0.416 e. The van der Waals surface area contributed by atoms with E-state index in [0.717, 1.165) is 29.6 Å². The number of nitrogens with zero attached hydrogens (tertiary/aromatic N) is 3. The van der Waals surface area contributed by atoms with Crippen molar-refractivity contribution in [2.24, 2.45) is 0 Å². The van der Waals surface area contributed by atoms with Crippen molar-refractivity contribution in [3.05, 3.63) is 59.7 Å². The van der Waals surface area contributed by atoms with Crippen LogP contribution in [0.2, 0.25) is 0 Å². The maximum atomic E-state index is 13.2. The van der Waals surface area contributed by atoms with Crippen LogP contribution in [0.15, 0.2) is 48.5 Å². The van der Waals surface area contributed by atoms with Gasteiger partial charge in [-0.05, 0) is 42.7 Å². The molecular formula is C24H26F3N5O3. The second-order valence-electron chi connectivity index (χ2n) is 8.44. The molecule has 8 nitrogen and oxygen atoms in total. The fourth-order valence-corrected chi connectivity index (χ4v) is 4.26. The summed E-state index contributed by atoms with van der Waals surface area (Å²) in [5, 5.41) is 12.6. The number of amides is 2. The van der Waals surface area contributed by atoms with Crippen LogP contribution < -0.4 is 5.32 Å². The highest BCUT2D eigenvalue weighted by Gasteiger charge is 2.37. The van der Waals surface area contributed by atoms with E-state index in [2.05, 4.69) is 15.3 Å². The van der Waals surface area contributed by atoms with Gasteiger partial charge in [-0.3, -0.25) is 4.79 Å². The van der Waals surface area contributed by atoms with Crippen LogP contribution in [0.25, 0.3) is 11.0 Å². The van der Waals surface area contributed by atoms with Crippen LogP contribution in [0.5, 0.6) is 0 Å². The molecule has 4 rings (SSSR count). The topological polar surface area (TPSA) is 102 Å². The van der Waals surface area contributed by atoms with E-state index < -0.39 is 30.2 Å². The van der Waals surface area contributed by atoms with E-state index >= 15 is 0 Å². The lowest BCUT2D eigenvalue weighted by Crippen LogP contribution is -2.36. The largest absolute Gasteiger partial charge is 0.481 e. The van der Waals surface area contributed by atoms with E-state index in [0.29, 0.717) is 32.0 Å². The standard InChI is InChI=1S/C24H26F3N5O3/c25-24(26,27)17-7-5-6-16(14-17)20(15-21(33)34)32-13-12-31(23(32)35)11-4-3-10-28-22-29-18-8-1-2-9-19(18)30-22/h1-2,5-9,14,20H,3-4,10-13,15H2,(H,33,34)(H2,28,29,30). The summed E-state index contributed by atoms with van der Waals surface area (Å²) in [6.07, 6.45) is -3.55. The van der Waals surface area contributed by atoms with E-state index in [1.807, 2.05) is 24.3 Å². The molecule has 0 radical (unpaired) electrons. The number of carboxylic acid groups (broad SMARTS) is 1. The van der Waals surface area contributed by atoms with Gasteiger partial charge in [0, 0.05) is 26.2 Å². The highest BCUT2D eigenvalue weighted by atomic mass is 19.4. The molecular weight excluding hydrogens is 463 g/mol. The number of carboxylic acids is 1. The smallest absolute Gasteiger partial charge is 0.416 e. The minimum absolute atomic E-state index is 0.160. The summed E-state index contributed by atoms with van der Waals surface area (Å²) in [7, 11) is 0. The second kappa shape index (κ2) is 10.2. The Morgan fingerprint density at radius 1 is 1.14 bits per heavy atom. The first-order valence-corrected chi connectivity index (χ1v) is 11.4. The van der Waals surface area contributed by atoms with Crippen molar-refractivity contribution in [1.82, 2.24) is 19.8 Å². The Balaban J connectivity index is 1.32. The van der Waals surface area contributed by atoms with Crippen LogP contribution in [-0.2, 0) is 11.0 Å². The van der Waals surface area contributed by atoms with Crippen LogP contribution >= 0.6 is 0 Å². The highest BCUT2D eigenvalue weighted by molar-refractivity contribution is 5.78. The molecule has 186 valence electrons. The monoisotopic (exact) mass is 489 g/mol. The summed E-state index contributed by atoms with van der Waals surface area (Å²) in [5.41, 5.74) is 1.10. The lowest BCUT2D eigenvalue weighted by molar-refractivity contribution is -0.138. The Kier molecular flexibility index (Phi) is 7.13. The summed E-state index contributed by atoms with van der Waals surface area (Å²) >= 11 is 0. The number of carbonyl (C=O) groups is 2. The number of hydrogen-bond donors (Lipinski definition) is 3. The van der Waals surface area contributed by atoms with Gasteiger partial charge in [-0.15, -0.1) is 0 Å². The van der Waals surface area contributed by atoms with Crippen LogP contribution in [0, 0.1) is 0 Å². The molecule has 3 N–H and O–H groups in total. The van der Waals surface area contributed by atoms with Gasteiger partial charge < -0.3 is 25.2 Å². The van der Waals surface area contributed by atoms with Gasteiger partial charge in [0.1, 0.15) is 0 Å². The minimum Gasteiger partial charge on any atom is -0.481 e. The summed E-state index contributed by atoms with van der Waals surface area (Å²) in [6, 6.07) is 10.9. The fraction of sp³-hybridized carbons (Fsp3) is 0.375. The number of aromatic amines is 1. The number of imidazole rings is 1. The van der Waals surface area contributed by atoms with Crippen molar-refractivity contribution in [1.29, 1.82) is 0 Å². The zero-order chi connectivity index (χ0) is 25.0. The predicted octanol–water partition coefficient (Wildman–Crippen LogP) is 4.73.